The van der Waals surface area contributed by atoms with Crippen molar-refractivity contribution < 1.29 is 0 Å². The molecule has 1 aromatic rings. The van der Waals surface area contributed by atoms with E-state index in [4.69, 9.17) is 17.4 Å². The summed E-state index contributed by atoms with van der Waals surface area (Å²) in [5, 5.41) is 0.642. The van der Waals surface area contributed by atoms with Crippen molar-refractivity contribution in [3.63, 3.8) is 0 Å². The monoisotopic (exact) mass is 268 g/mol. The SMILES string of the molecule is NNc1cc(I)ccc1Cl. The lowest BCUT2D eigenvalue weighted by Crippen LogP contribution is -2.07. The molecule has 4 heteroatoms. The topological polar surface area (TPSA) is 38.0 Å². The van der Waals surface area contributed by atoms with Gasteiger partial charge in [0.2, 0.25) is 0 Å². The predicted molar refractivity (Wildman–Crippen MR) is 52.0 cm³/mol. The Labute approximate surface area is 77.9 Å². The second kappa shape index (κ2) is 3.41. The predicted octanol–water partition coefficient (Wildman–Crippen LogP) is 2.23. The van der Waals surface area contributed by atoms with Crippen LogP contribution in [0.1, 0.15) is 0 Å². The molecule has 0 fully saturated rings. The summed E-state index contributed by atoms with van der Waals surface area (Å²) in [4.78, 5) is 0. The van der Waals surface area contributed by atoms with E-state index in [-0.39, 0.29) is 0 Å². The van der Waals surface area contributed by atoms with Gasteiger partial charge < -0.3 is 5.43 Å². The molecule has 3 N–H and O–H groups in total. The van der Waals surface area contributed by atoms with Crippen molar-refractivity contribution in [1.29, 1.82) is 0 Å². The minimum absolute atomic E-state index is 0.642. The van der Waals surface area contributed by atoms with Crippen LogP contribution in [-0.4, -0.2) is 0 Å². The highest BCUT2D eigenvalue weighted by atomic mass is 127. The van der Waals surface area contributed by atoms with Gasteiger partial charge in [0.05, 0.1) is 10.7 Å². The lowest BCUT2D eigenvalue weighted by atomic mass is 10.3. The second-order valence-electron chi connectivity index (χ2n) is 1.77. The fourth-order valence-electron chi connectivity index (χ4n) is 0.608. The first-order valence-electron chi connectivity index (χ1n) is 2.65. The first-order valence-corrected chi connectivity index (χ1v) is 4.11. The molecule has 0 unspecified atom stereocenters. The standard InChI is InChI=1S/C6H6ClIN2/c7-5-2-1-4(8)3-6(5)10-9/h1-3,10H,9H2. The maximum absolute atomic E-state index is 5.75. The summed E-state index contributed by atoms with van der Waals surface area (Å²) in [6.45, 7) is 0. The van der Waals surface area contributed by atoms with Gasteiger partial charge in [-0.25, -0.2) is 0 Å². The van der Waals surface area contributed by atoms with Gasteiger partial charge in [0.25, 0.3) is 0 Å². The molecule has 2 nitrogen and oxygen atoms in total. The molecule has 0 heterocycles. The van der Waals surface area contributed by atoms with Crippen molar-refractivity contribution >= 4 is 39.9 Å². The number of halogens is 2. The molecule has 0 spiro atoms. The number of nitrogens with one attached hydrogen (secondary N) is 1. The molecular weight excluding hydrogens is 262 g/mol. The lowest BCUT2D eigenvalue weighted by molar-refractivity contribution is 1.35. The Morgan fingerprint density at radius 3 is 2.70 bits per heavy atom. The summed E-state index contributed by atoms with van der Waals surface area (Å²) in [6.07, 6.45) is 0. The van der Waals surface area contributed by atoms with Gasteiger partial charge >= 0.3 is 0 Å². The van der Waals surface area contributed by atoms with Crippen molar-refractivity contribution in [1.82, 2.24) is 0 Å². The van der Waals surface area contributed by atoms with Crippen LogP contribution in [0.3, 0.4) is 0 Å². The summed E-state index contributed by atoms with van der Waals surface area (Å²) in [5.74, 6) is 5.18. The van der Waals surface area contributed by atoms with Crippen molar-refractivity contribution in [2.24, 2.45) is 5.84 Å². The lowest BCUT2D eigenvalue weighted by Gasteiger charge is -2.01. The smallest absolute Gasteiger partial charge is 0.0682 e. The summed E-state index contributed by atoms with van der Waals surface area (Å²) in [6, 6.07) is 5.60. The Bertz CT molecular complexity index is 239. The van der Waals surface area contributed by atoms with E-state index in [0.717, 1.165) is 9.26 Å². The molecule has 1 aromatic carbocycles. The van der Waals surface area contributed by atoms with E-state index >= 15 is 0 Å². The van der Waals surface area contributed by atoms with Crippen LogP contribution in [0, 0.1) is 3.57 Å². The molecule has 0 bridgehead atoms. The average Bonchev–Trinajstić information content (AvgIpc) is 1.94. The highest BCUT2D eigenvalue weighted by Gasteiger charge is 1.96. The minimum Gasteiger partial charge on any atom is -0.323 e. The van der Waals surface area contributed by atoms with E-state index < -0.39 is 0 Å². The van der Waals surface area contributed by atoms with Crippen molar-refractivity contribution in [3.05, 3.63) is 26.8 Å². The zero-order valence-corrected chi connectivity index (χ0v) is 7.98. The number of anilines is 1. The molecule has 0 aliphatic heterocycles. The third kappa shape index (κ3) is 1.74. The number of hydrazine groups is 1. The molecule has 54 valence electrons. The van der Waals surface area contributed by atoms with E-state index in [1.807, 2.05) is 12.1 Å². The number of hydrogen-bond donors (Lipinski definition) is 2. The Hall–Kier alpha value is -0.0000000000000000555. The number of hydrogen-bond acceptors (Lipinski definition) is 2. The zero-order valence-electron chi connectivity index (χ0n) is 5.07. The van der Waals surface area contributed by atoms with E-state index in [9.17, 15) is 0 Å². The van der Waals surface area contributed by atoms with Crippen LogP contribution in [0.5, 0.6) is 0 Å². The van der Waals surface area contributed by atoms with Crippen LogP contribution in [0.15, 0.2) is 18.2 Å². The van der Waals surface area contributed by atoms with Crippen LogP contribution in [0.25, 0.3) is 0 Å². The molecule has 0 saturated carbocycles. The molecule has 0 aliphatic carbocycles. The molecule has 0 atom stereocenters. The Morgan fingerprint density at radius 1 is 1.50 bits per heavy atom. The Kier molecular flexibility index (Phi) is 2.76. The number of rotatable bonds is 1. The maximum Gasteiger partial charge on any atom is 0.0682 e. The highest BCUT2D eigenvalue weighted by molar-refractivity contribution is 14.1. The third-order valence-corrected chi connectivity index (χ3v) is 2.08. The molecule has 0 amide bonds. The molecule has 10 heavy (non-hydrogen) atoms. The van der Waals surface area contributed by atoms with Crippen LogP contribution in [-0.2, 0) is 0 Å². The molecule has 1 rings (SSSR count). The molecule has 0 saturated heterocycles. The number of nitrogen functional groups attached to an aromatic ring is 1. The number of nitrogens with two attached hydrogens (primary N) is 1. The summed E-state index contributed by atoms with van der Waals surface area (Å²) < 4.78 is 1.11. The van der Waals surface area contributed by atoms with Gasteiger partial charge in [-0.1, -0.05) is 11.6 Å². The van der Waals surface area contributed by atoms with Crippen molar-refractivity contribution in [2.45, 2.75) is 0 Å². The largest absolute Gasteiger partial charge is 0.323 e. The average molecular weight is 268 g/mol. The van der Waals surface area contributed by atoms with Gasteiger partial charge in [-0.2, -0.15) is 0 Å². The van der Waals surface area contributed by atoms with Crippen LogP contribution in [0.2, 0.25) is 5.02 Å². The first kappa shape index (κ1) is 8.10. The van der Waals surface area contributed by atoms with Crippen molar-refractivity contribution in [2.75, 3.05) is 5.43 Å². The van der Waals surface area contributed by atoms with Crippen molar-refractivity contribution in [3.8, 4) is 0 Å². The fraction of sp³-hybridized carbons (Fsp3) is 0. The van der Waals surface area contributed by atoms with Gasteiger partial charge in [0.1, 0.15) is 0 Å². The maximum atomic E-state index is 5.75. The van der Waals surface area contributed by atoms with Gasteiger partial charge in [-0.3, -0.25) is 5.84 Å². The van der Waals surface area contributed by atoms with Gasteiger partial charge in [0, 0.05) is 3.57 Å². The Morgan fingerprint density at radius 2 is 2.20 bits per heavy atom. The van der Waals surface area contributed by atoms with E-state index in [1.54, 1.807) is 6.07 Å². The summed E-state index contributed by atoms with van der Waals surface area (Å²) >= 11 is 7.94. The number of benzene rings is 1. The molecule has 0 radical (unpaired) electrons. The second-order valence-corrected chi connectivity index (χ2v) is 3.42. The first-order chi connectivity index (χ1) is 4.74. The van der Waals surface area contributed by atoms with Gasteiger partial charge in [0.15, 0.2) is 0 Å². The van der Waals surface area contributed by atoms with E-state index in [0.29, 0.717) is 5.02 Å². The fourth-order valence-corrected chi connectivity index (χ4v) is 1.27. The van der Waals surface area contributed by atoms with Crippen LogP contribution >= 0.6 is 34.2 Å². The summed E-state index contributed by atoms with van der Waals surface area (Å²) in [7, 11) is 0. The van der Waals surface area contributed by atoms with Gasteiger partial charge in [-0.05, 0) is 40.8 Å². The Balaban J connectivity index is 3.09. The van der Waals surface area contributed by atoms with Gasteiger partial charge in [-0.15, -0.1) is 0 Å². The van der Waals surface area contributed by atoms with Crippen LogP contribution in [0.4, 0.5) is 5.69 Å². The molecule has 0 aromatic heterocycles. The normalized spacial score (nSPS) is 9.50. The minimum atomic E-state index is 0.642. The zero-order chi connectivity index (χ0) is 7.56. The quantitative estimate of drug-likeness (QED) is 0.466. The summed E-state index contributed by atoms with van der Waals surface area (Å²) in [5.41, 5.74) is 3.26. The third-order valence-electron chi connectivity index (χ3n) is 1.08. The molecule has 0 aliphatic rings. The highest BCUT2D eigenvalue weighted by Crippen LogP contribution is 2.22. The van der Waals surface area contributed by atoms with E-state index in [2.05, 4.69) is 28.0 Å². The van der Waals surface area contributed by atoms with E-state index in [1.165, 1.54) is 0 Å². The van der Waals surface area contributed by atoms with Crippen LogP contribution < -0.4 is 11.3 Å². The molecular formula is C6H6ClIN2.